The largest absolute Gasteiger partial charge is 0.375 e. The second kappa shape index (κ2) is 9.90. The van der Waals surface area contributed by atoms with E-state index in [2.05, 4.69) is 9.94 Å². The van der Waals surface area contributed by atoms with Gasteiger partial charge in [-0.25, -0.2) is 13.1 Å². The van der Waals surface area contributed by atoms with Gasteiger partial charge >= 0.3 is 0 Å². The van der Waals surface area contributed by atoms with Gasteiger partial charge in [0.1, 0.15) is 0 Å². The molecule has 0 saturated carbocycles. The van der Waals surface area contributed by atoms with Crippen LogP contribution in [-0.4, -0.2) is 42.8 Å². The van der Waals surface area contributed by atoms with Crippen molar-refractivity contribution >= 4 is 21.4 Å². The summed E-state index contributed by atoms with van der Waals surface area (Å²) in [6.45, 7) is 0.442. The van der Waals surface area contributed by atoms with Crippen LogP contribution in [0, 0.1) is 10.1 Å². The minimum atomic E-state index is -3.30. The summed E-state index contributed by atoms with van der Waals surface area (Å²) in [7, 11) is -3.30. The van der Waals surface area contributed by atoms with Gasteiger partial charge in [-0.05, 0) is 48.9 Å². The van der Waals surface area contributed by atoms with E-state index in [-0.39, 0.29) is 24.7 Å². The summed E-state index contributed by atoms with van der Waals surface area (Å²) >= 11 is 5.99. The summed E-state index contributed by atoms with van der Waals surface area (Å²) in [5.41, 5.74) is 2.95. The monoisotopic (exact) mass is 465 g/mol. The molecule has 0 unspecified atom stereocenters. The molecule has 0 fully saturated rings. The molecule has 0 aliphatic carbocycles. The molecule has 0 N–H and O–H groups in total. The number of ether oxygens (including phenoxy) is 1. The normalized spacial score (nSPS) is 11.4. The standard InChI is InChI=1S/C20H20ClN3O6S/c1-31(27,28)19-9-3-15(4-10-19)20-13-17(14-29-11-2-12-30-24(25)26)22-23(20)18-7-5-16(21)6-8-18/h3-10,13H,2,11-12,14H2,1H3. The van der Waals surface area contributed by atoms with Gasteiger partial charge in [-0.3, -0.25) is 0 Å². The van der Waals surface area contributed by atoms with Crippen LogP contribution in [-0.2, 0) is 26.0 Å². The Hall–Kier alpha value is -2.95. The summed E-state index contributed by atoms with van der Waals surface area (Å²) in [6.07, 6.45) is 1.53. The van der Waals surface area contributed by atoms with Gasteiger partial charge < -0.3 is 9.57 Å². The van der Waals surface area contributed by atoms with Crippen molar-refractivity contribution in [3.05, 3.63) is 75.4 Å². The first kappa shape index (κ1) is 22.7. The number of hydrogen-bond acceptors (Lipinski definition) is 7. The van der Waals surface area contributed by atoms with Gasteiger partial charge in [-0.15, -0.1) is 10.1 Å². The summed E-state index contributed by atoms with van der Waals surface area (Å²) in [6, 6.07) is 15.5. The maximum absolute atomic E-state index is 11.7. The Balaban J connectivity index is 1.83. The van der Waals surface area contributed by atoms with Crippen LogP contribution in [0.15, 0.2) is 59.5 Å². The molecule has 3 rings (SSSR count). The van der Waals surface area contributed by atoms with Crippen molar-refractivity contribution in [3.8, 4) is 16.9 Å². The lowest BCUT2D eigenvalue weighted by Gasteiger charge is -2.08. The Morgan fingerprint density at radius 1 is 1.10 bits per heavy atom. The van der Waals surface area contributed by atoms with E-state index in [1.807, 2.05) is 18.2 Å². The van der Waals surface area contributed by atoms with Gasteiger partial charge in [0.05, 0.1) is 35.2 Å². The Morgan fingerprint density at radius 3 is 2.39 bits per heavy atom. The minimum absolute atomic E-state index is 0.0375. The van der Waals surface area contributed by atoms with Crippen molar-refractivity contribution in [3.63, 3.8) is 0 Å². The molecule has 1 heterocycles. The fourth-order valence-electron chi connectivity index (χ4n) is 2.84. The number of nitrogens with zero attached hydrogens (tertiary/aromatic N) is 3. The van der Waals surface area contributed by atoms with Gasteiger partial charge in [0.2, 0.25) is 0 Å². The number of aromatic nitrogens is 2. The average molecular weight is 466 g/mol. The van der Waals surface area contributed by atoms with Gasteiger partial charge in [0.15, 0.2) is 9.84 Å². The smallest absolute Gasteiger partial charge is 0.294 e. The maximum atomic E-state index is 11.7. The van der Waals surface area contributed by atoms with Gasteiger partial charge in [0.25, 0.3) is 5.09 Å². The highest BCUT2D eigenvalue weighted by Gasteiger charge is 2.14. The van der Waals surface area contributed by atoms with E-state index in [1.54, 1.807) is 41.1 Å². The minimum Gasteiger partial charge on any atom is -0.375 e. The third kappa shape index (κ3) is 6.27. The first-order valence-electron chi connectivity index (χ1n) is 9.24. The molecule has 164 valence electrons. The highest BCUT2D eigenvalue weighted by Crippen LogP contribution is 2.26. The zero-order valence-corrected chi connectivity index (χ0v) is 18.2. The fraction of sp³-hybridized carbons (Fsp3) is 0.250. The van der Waals surface area contributed by atoms with E-state index >= 15 is 0 Å². The lowest BCUT2D eigenvalue weighted by molar-refractivity contribution is -0.757. The van der Waals surface area contributed by atoms with Crippen LogP contribution >= 0.6 is 11.6 Å². The molecule has 0 aliphatic rings. The van der Waals surface area contributed by atoms with Crippen LogP contribution in [0.5, 0.6) is 0 Å². The summed E-state index contributed by atoms with van der Waals surface area (Å²) in [5, 5.41) is 14.5. The van der Waals surface area contributed by atoms with Crippen LogP contribution in [0.25, 0.3) is 16.9 Å². The predicted molar refractivity (Wildman–Crippen MR) is 114 cm³/mol. The molecule has 0 atom stereocenters. The Bertz CT molecular complexity index is 1140. The van der Waals surface area contributed by atoms with E-state index in [0.717, 1.165) is 23.2 Å². The number of benzene rings is 2. The molecule has 0 bridgehead atoms. The molecule has 11 heteroatoms. The second-order valence-corrected chi connectivity index (χ2v) is 9.12. The molecule has 9 nitrogen and oxygen atoms in total. The third-order valence-corrected chi connectivity index (χ3v) is 5.67. The molecule has 0 spiro atoms. The van der Waals surface area contributed by atoms with Crippen LogP contribution < -0.4 is 0 Å². The van der Waals surface area contributed by atoms with Crippen molar-refractivity contribution in [2.24, 2.45) is 0 Å². The number of rotatable bonds is 10. The Labute approximate surface area is 184 Å². The lowest BCUT2D eigenvalue weighted by Crippen LogP contribution is -2.06. The first-order chi connectivity index (χ1) is 14.7. The van der Waals surface area contributed by atoms with Gasteiger partial charge in [-0.1, -0.05) is 23.7 Å². The van der Waals surface area contributed by atoms with E-state index in [1.165, 1.54) is 0 Å². The van der Waals surface area contributed by atoms with E-state index in [4.69, 9.17) is 16.3 Å². The molecule has 0 amide bonds. The number of sulfone groups is 1. The molecule has 0 aliphatic heterocycles. The zero-order valence-electron chi connectivity index (χ0n) is 16.6. The highest BCUT2D eigenvalue weighted by atomic mass is 35.5. The van der Waals surface area contributed by atoms with Gasteiger partial charge in [0, 0.05) is 23.4 Å². The predicted octanol–water partition coefficient (Wildman–Crippen LogP) is 3.71. The molecule has 2 aromatic carbocycles. The Kier molecular flexibility index (Phi) is 7.26. The van der Waals surface area contributed by atoms with Crippen LogP contribution in [0.4, 0.5) is 0 Å². The number of halogens is 1. The summed E-state index contributed by atoms with van der Waals surface area (Å²) in [4.78, 5) is 14.6. The maximum Gasteiger partial charge on any atom is 0.294 e. The number of hydrogen-bond donors (Lipinski definition) is 0. The van der Waals surface area contributed by atoms with Crippen LogP contribution in [0.2, 0.25) is 5.02 Å². The second-order valence-electron chi connectivity index (χ2n) is 6.67. The molecular formula is C20H20ClN3O6S. The van der Waals surface area contributed by atoms with Crippen molar-refractivity contribution in [1.29, 1.82) is 0 Å². The first-order valence-corrected chi connectivity index (χ1v) is 11.5. The molecule has 1 aromatic heterocycles. The highest BCUT2D eigenvalue weighted by molar-refractivity contribution is 7.90. The lowest BCUT2D eigenvalue weighted by atomic mass is 10.1. The van der Waals surface area contributed by atoms with Crippen molar-refractivity contribution in [1.82, 2.24) is 9.78 Å². The molecule has 31 heavy (non-hydrogen) atoms. The fourth-order valence-corrected chi connectivity index (χ4v) is 3.59. The van der Waals surface area contributed by atoms with Crippen molar-refractivity contribution in [2.45, 2.75) is 17.9 Å². The molecule has 3 aromatic rings. The quantitative estimate of drug-likeness (QED) is 0.254. The SMILES string of the molecule is CS(=O)(=O)c1ccc(-c2cc(COCCCO[N+](=O)[O-])nn2-c2ccc(Cl)cc2)cc1. The molecule has 0 radical (unpaired) electrons. The van der Waals surface area contributed by atoms with E-state index in [0.29, 0.717) is 17.1 Å². The van der Waals surface area contributed by atoms with Crippen LogP contribution in [0.3, 0.4) is 0 Å². The topological polar surface area (TPSA) is 114 Å². The Morgan fingerprint density at radius 2 is 1.77 bits per heavy atom. The summed E-state index contributed by atoms with van der Waals surface area (Å²) in [5.74, 6) is 0. The zero-order chi connectivity index (χ0) is 22.4. The van der Waals surface area contributed by atoms with E-state index in [9.17, 15) is 18.5 Å². The summed E-state index contributed by atoms with van der Waals surface area (Å²) < 4.78 is 30.8. The average Bonchev–Trinajstić information content (AvgIpc) is 3.14. The van der Waals surface area contributed by atoms with Crippen LogP contribution in [0.1, 0.15) is 12.1 Å². The molecular weight excluding hydrogens is 446 g/mol. The van der Waals surface area contributed by atoms with E-state index < -0.39 is 14.9 Å². The van der Waals surface area contributed by atoms with Crippen molar-refractivity contribution < 1.29 is 23.1 Å². The van der Waals surface area contributed by atoms with Crippen molar-refractivity contribution in [2.75, 3.05) is 19.5 Å². The van der Waals surface area contributed by atoms with Gasteiger partial charge in [-0.2, -0.15) is 5.10 Å². The third-order valence-electron chi connectivity index (χ3n) is 4.29. The molecule has 0 saturated heterocycles.